The van der Waals surface area contributed by atoms with Crippen LogP contribution in [0, 0.1) is 0 Å². The van der Waals surface area contributed by atoms with E-state index < -0.39 is 36.4 Å². The molecule has 5 rings (SSSR count). The van der Waals surface area contributed by atoms with Crippen molar-refractivity contribution in [3.63, 3.8) is 0 Å². The van der Waals surface area contributed by atoms with E-state index >= 15 is 0 Å². The molecule has 0 radical (unpaired) electrons. The number of aliphatic carboxylic acids is 3. The van der Waals surface area contributed by atoms with Gasteiger partial charge in [0.1, 0.15) is 12.7 Å². The topological polar surface area (TPSA) is 182 Å². The second kappa shape index (κ2) is 13.8. The summed E-state index contributed by atoms with van der Waals surface area (Å²) in [4.78, 5) is 40.8. The Balaban J connectivity index is 0.000000289. The van der Waals surface area contributed by atoms with Gasteiger partial charge in [-0.15, -0.1) is 0 Å². The van der Waals surface area contributed by atoms with Crippen LogP contribution in [0.15, 0.2) is 67.3 Å². The predicted molar refractivity (Wildman–Crippen MR) is 162 cm³/mol. The van der Waals surface area contributed by atoms with Crippen molar-refractivity contribution in [3.8, 4) is 0 Å². The molecule has 12 heteroatoms. The summed E-state index contributed by atoms with van der Waals surface area (Å²) in [6.45, 7) is 0.854. The average molecular weight is 606 g/mol. The minimum atomic E-state index is -2.74. The molecule has 1 aliphatic carbocycles. The second-order valence-corrected chi connectivity index (χ2v) is 11.5. The van der Waals surface area contributed by atoms with E-state index in [1.807, 2.05) is 4.68 Å². The highest BCUT2D eigenvalue weighted by atomic mass is 16.4. The first-order valence-corrected chi connectivity index (χ1v) is 14.5. The summed E-state index contributed by atoms with van der Waals surface area (Å²) in [5, 5.41) is 39.5. The van der Waals surface area contributed by atoms with Crippen LogP contribution in [0.3, 0.4) is 0 Å². The first-order valence-electron chi connectivity index (χ1n) is 14.5. The van der Waals surface area contributed by atoms with Gasteiger partial charge >= 0.3 is 17.9 Å². The molecular weight excluding hydrogens is 566 g/mol. The van der Waals surface area contributed by atoms with Crippen molar-refractivity contribution < 1.29 is 34.8 Å². The van der Waals surface area contributed by atoms with E-state index in [1.165, 1.54) is 53.4 Å². The van der Waals surface area contributed by atoms with Crippen LogP contribution >= 0.6 is 0 Å². The predicted octanol–water partition coefficient (Wildman–Crippen LogP) is 3.87. The highest BCUT2D eigenvalue weighted by molar-refractivity contribution is 5.88. The zero-order valence-electron chi connectivity index (χ0n) is 24.9. The standard InChI is InChI=1S/C26H31N5.C6H8O7/c1-30(2)26(21-8-4-3-5-9-21)15-12-20(13-16-26)25-23(14-17-31-19-27-18-28-31)22-10-6-7-11-24(22)29-25;7-3(8)1-6(13,5(11)12)2-4(9)10/h3-11,18-20,29H,12-17H2,1-2H3;13H,1-2H2,(H,7,8)(H,9,10)(H,11,12). The number of rotatable bonds is 11. The summed E-state index contributed by atoms with van der Waals surface area (Å²) in [7, 11) is 4.47. The van der Waals surface area contributed by atoms with Crippen LogP contribution in [0.2, 0.25) is 0 Å². The van der Waals surface area contributed by atoms with Gasteiger partial charge in [-0.05, 0) is 69.3 Å². The van der Waals surface area contributed by atoms with Crippen LogP contribution in [-0.4, -0.2) is 82.7 Å². The summed E-state index contributed by atoms with van der Waals surface area (Å²) in [6.07, 6.45) is 6.83. The number of H-pyrrole nitrogens is 1. The number of benzene rings is 2. The highest BCUT2D eigenvalue weighted by Gasteiger charge is 2.41. The van der Waals surface area contributed by atoms with Gasteiger partial charge in [-0.2, -0.15) is 5.10 Å². The third kappa shape index (κ3) is 7.32. The fraction of sp³-hybridized carbons (Fsp3) is 0.406. The quantitative estimate of drug-likeness (QED) is 0.168. The lowest BCUT2D eigenvalue weighted by atomic mass is 9.70. The summed E-state index contributed by atoms with van der Waals surface area (Å²) < 4.78 is 1.93. The maximum atomic E-state index is 10.3. The minimum Gasteiger partial charge on any atom is -0.481 e. The molecule has 4 aromatic rings. The van der Waals surface area contributed by atoms with Crippen LogP contribution in [0.4, 0.5) is 0 Å². The smallest absolute Gasteiger partial charge is 0.336 e. The van der Waals surface area contributed by atoms with E-state index in [9.17, 15) is 14.4 Å². The van der Waals surface area contributed by atoms with Crippen molar-refractivity contribution in [2.45, 2.75) is 68.5 Å². The van der Waals surface area contributed by atoms with Gasteiger partial charge in [0, 0.05) is 28.7 Å². The Morgan fingerprint density at radius 3 is 2.14 bits per heavy atom. The Morgan fingerprint density at radius 1 is 0.977 bits per heavy atom. The van der Waals surface area contributed by atoms with Crippen LogP contribution in [0.5, 0.6) is 0 Å². The third-order valence-corrected chi connectivity index (χ3v) is 8.58. The number of fused-ring (bicyclic) bond motifs is 1. The summed E-state index contributed by atoms with van der Waals surface area (Å²) >= 11 is 0. The maximum absolute atomic E-state index is 10.3. The van der Waals surface area contributed by atoms with E-state index in [0.717, 1.165) is 13.0 Å². The van der Waals surface area contributed by atoms with Gasteiger partial charge in [0.2, 0.25) is 0 Å². The van der Waals surface area contributed by atoms with Crippen molar-refractivity contribution in [1.29, 1.82) is 0 Å². The number of nitrogens with zero attached hydrogens (tertiary/aromatic N) is 4. The molecule has 1 saturated carbocycles. The van der Waals surface area contributed by atoms with Crippen molar-refractivity contribution in [2.75, 3.05) is 14.1 Å². The third-order valence-electron chi connectivity index (χ3n) is 8.58. The number of hydrogen-bond acceptors (Lipinski definition) is 7. The number of aromatic nitrogens is 4. The lowest BCUT2D eigenvalue weighted by Gasteiger charge is -2.45. The van der Waals surface area contributed by atoms with Gasteiger partial charge in [-0.3, -0.25) is 19.2 Å². The first-order chi connectivity index (χ1) is 20.9. The average Bonchev–Trinajstić information content (AvgIpc) is 3.64. The summed E-state index contributed by atoms with van der Waals surface area (Å²) in [5.74, 6) is -4.45. The van der Waals surface area contributed by atoms with Crippen molar-refractivity contribution >= 4 is 28.8 Å². The number of aromatic amines is 1. The summed E-state index contributed by atoms with van der Waals surface area (Å²) in [5.41, 5.74) is 2.97. The normalized spacial score (nSPS) is 18.5. The molecule has 0 bridgehead atoms. The first kappa shape index (κ1) is 32.4. The van der Waals surface area contributed by atoms with Crippen molar-refractivity contribution in [2.24, 2.45) is 0 Å². The van der Waals surface area contributed by atoms with Crippen LogP contribution in [-0.2, 0) is 32.9 Å². The molecule has 0 saturated heterocycles. The van der Waals surface area contributed by atoms with Crippen LogP contribution < -0.4 is 0 Å². The number of carbonyl (C=O) groups is 3. The van der Waals surface area contributed by atoms with Gasteiger partial charge in [-0.25, -0.2) is 9.78 Å². The molecule has 234 valence electrons. The lowest BCUT2D eigenvalue weighted by Crippen LogP contribution is -2.44. The number of carboxylic acid groups (broad SMARTS) is 3. The molecule has 44 heavy (non-hydrogen) atoms. The fourth-order valence-corrected chi connectivity index (χ4v) is 6.25. The van der Waals surface area contributed by atoms with Gasteiger partial charge in [-0.1, -0.05) is 48.5 Å². The molecule has 0 unspecified atom stereocenters. The Kier molecular flexibility index (Phi) is 10.2. The molecule has 2 heterocycles. The number of carboxylic acids is 3. The lowest BCUT2D eigenvalue weighted by molar-refractivity contribution is -0.170. The molecule has 0 atom stereocenters. The van der Waals surface area contributed by atoms with E-state index in [-0.39, 0.29) is 5.54 Å². The number of nitrogens with one attached hydrogen (secondary N) is 1. The molecule has 5 N–H and O–H groups in total. The SMILES string of the molecule is CN(C)C1(c2ccccc2)CCC(c2[nH]c3ccccc3c2CCn2cncn2)CC1.O=C(O)CC(O)(CC(=O)O)C(=O)O. The minimum absolute atomic E-state index is 0.130. The maximum Gasteiger partial charge on any atom is 0.336 e. The summed E-state index contributed by atoms with van der Waals surface area (Å²) in [6, 6.07) is 19.8. The Hall–Kier alpha value is -4.55. The second-order valence-electron chi connectivity index (χ2n) is 11.5. The Bertz CT molecular complexity index is 1540. The molecule has 0 aliphatic heterocycles. The molecular formula is C32H39N5O7. The number of aryl methyl sites for hydroxylation is 2. The Labute approximate surface area is 255 Å². The fourth-order valence-electron chi connectivity index (χ4n) is 6.25. The van der Waals surface area contributed by atoms with Gasteiger partial charge in [0.05, 0.1) is 12.8 Å². The van der Waals surface area contributed by atoms with Gasteiger partial charge < -0.3 is 25.4 Å². The van der Waals surface area contributed by atoms with Crippen molar-refractivity contribution in [1.82, 2.24) is 24.6 Å². The number of hydrogen-bond donors (Lipinski definition) is 5. The Morgan fingerprint density at radius 2 is 1.59 bits per heavy atom. The number of para-hydroxylation sites is 1. The largest absolute Gasteiger partial charge is 0.481 e. The molecule has 0 spiro atoms. The zero-order valence-corrected chi connectivity index (χ0v) is 24.9. The molecule has 12 nitrogen and oxygen atoms in total. The molecule has 1 fully saturated rings. The molecule has 0 amide bonds. The van der Waals surface area contributed by atoms with Gasteiger partial charge in [0.15, 0.2) is 5.60 Å². The van der Waals surface area contributed by atoms with E-state index in [4.69, 9.17) is 20.4 Å². The molecule has 2 aromatic carbocycles. The van der Waals surface area contributed by atoms with Crippen LogP contribution in [0.25, 0.3) is 10.9 Å². The molecule has 1 aliphatic rings. The highest BCUT2D eigenvalue weighted by Crippen LogP contribution is 2.47. The zero-order chi connectivity index (χ0) is 31.9. The van der Waals surface area contributed by atoms with Crippen LogP contribution in [0.1, 0.15) is 61.3 Å². The van der Waals surface area contributed by atoms with E-state index in [2.05, 4.69) is 88.7 Å². The molecule has 2 aromatic heterocycles. The number of aliphatic hydroxyl groups is 1. The van der Waals surface area contributed by atoms with Crippen molar-refractivity contribution in [3.05, 3.63) is 84.1 Å². The van der Waals surface area contributed by atoms with Gasteiger partial charge in [0.25, 0.3) is 0 Å². The van der Waals surface area contributed by atoms with E-state index in [1.54, 1.807) is 12.7 Å². The monoisotopic (exact) mass is 605 g/mol. The van der Waals surface area contributed by atoms with E-state index in [0.29, 0.717) is 5.92 Å².